The summed E-state index contributed by atoms with van der Waals surface area (Å²) in [6, 6.07) is 27.0. The first-order valence-electron chi connectivity index (χ1n) is 11.8. The molecule has 1 aromatic heterocycles. The summed E-state index contributed by atoms with van der Waals surface area (Å²) in [5, 5.41) is 0.721. The van der Waals surface area contributed by atoms with E-state index in [1.165, 1.54) is 0 Å². The highest BCUT2D eigenvalue weighted by Crippen LogP contribution is 2.35. The molecule has 0 bridgehead atoms. The normalized spacial score (nSPS) is 14.9. The minimum Gasteiger partial charge on any atom is -0.381 e. The molecule has 0 radical (unpaired) electrons. The maximum Gasteiger partial charge on any atom is 0.270 e. The molecule has 0 saturated carbocycles. The Morgan fingerprint density at radius 2 is 1.54 bits per heavy atom. The lowest BCUT2D eigenvalue weighted by Crippen LogP contribution is -2.53. The molecule has 35 heavy (non-hydrogen) atoms. The molecule has 0 unspecified atom stereocenters. The lowest BCUT2D eigenvalue weighted by molar-refractivity contribution is -0.131. The van der Waals surface area contributed by atoms with Crippen molar-refractivity contribution in [1.82, 2.24) is 15.8 Å². The van der Waals surface area contributed by atoms with Crippen molar-refractivity contribution in [3.8, 4) is 11.3 Å². The molecule has 2 N–H and O–H groups in total. The number of carbonyl (C=O) groups excluding carboxylic acids is 2. The number of aromatic nitrogens is 1. The van der Waals surface area contributed by atoms with Crippen molar-refractivity contribution in [3.05, 3.63) is 102 Å². The van der Waals surface area contributed by atoms with Crippen molar-refractivity contribution < 1.29 is 14.3 Å². The maximum absolute atomic E-state index is 13.4. The van der Waals surface area contributed by atoms with E-state index in [9.17, 15) is 9.59 Å². The van der Waals surface area contributed by atoms with Crippen molar-refractivity contribution in [2.75, 3.05) is 13.2 Å². The zero-order chi connectivity index (χ0) is 24.3. The molecule has 1 aliphatic rings. The summed E-state index contributed by atoms with van der Waals surface area (Å²) < 4.78 is 5.53. The lowest BCUT2D eigenvalue weighted by Gasteiger charge is -2.36. The molecular weight excluding hydrogens is 438 g/mol. The molecule has 0 aliphatic carbocycles. The van der Waals surface area contributed by atoms with Gasteiger partial charge < -0.3 is 4.74 Å². The fraction of sp³-hybridized carbons (Fsp3) is 0.207. The third-order valence-electron chi connectivity index (χ3n) is 6.71. The monoisotopic (exact) mass is 465 g/mol. The predicted octanol–water partition coefficient (Wildman–Crippen LogP) is 4.72. The second-order valence-corrected chi connectivity index (χ2v) is 8.91. The number of nitrogens with zero attached hydrogens (tertiary/aromatic N) is 1. The fourth-order valence-corrected chi connectivity index (χ4v) is 4.66. The lowest BCUT2D eigenvalue weighted by atomic mass is 9.73. The third kappa shape index (κ3) is 4.53. The van der Waals surface area contributed by atoms with Crippen molar-refractivity contribution in [2.45, 2.75) is 25.2 Å². The van der Waals surface area contributed by atoms with Crippen LogP contribution in [0.5, 0.6) is 0 Å². The van der Waals surface area contributed by atoms with Crippen LogP contribution in [0.4, 0.5) is 0 Å². The summed E-state index contributed by atoms with van der Waals surface area (Å²) in [5.41, 5.74) is 9.48. The van der Waals surface area contributed by atoms with Crippen LogP contribution < -0.4 is 10.9 Å². The maximum atomic E-state index is 13.4. The van der Waals surface area contributed by atoms with Gasteiger partial charge in [0.25, 0.3) is 5.91 Å². The van der Waals surface area contributed by atoms with E-state index >= 15 is 0 Å². The van der Waals surface area contributed by atoms with Gasteiger partial charge in [0.05, 0.1) is 22.2 Å². The first-order chi connectivity index (χ1) is 17.1. The second-order valence-electron chi connectivity index (χ2n) is 8.91. The van der Waals surface area contributed by atoms with E-state index in [2.05, 4.69) is 10.9 Å². The molecule has 4 aromatic rings. The van der Waals surface area contributed by atoms with E-state index in [1.807, 2.05) is 85.8 Å². The molecule has 1 aliphatic heterocycles. The van der Waals surface area contributed by atoms with Crippen LogP contribution in [-0.2, 0) is 14.9 Å². The Morgan fingerprint density at radius 1 is 0.857 bits per heavy atom. The van der Waals surface area contributed by atoms with Gasteiger partial charge in [0.2, 0.25) is 5.91 Å². The van der Waals surface area contributed by atoms with Gasteiger partial charge in [-0.25, -0.2) is 4.98 Å². The number of fused-ring (bicyclic) bond motifs is 1. The van der Waals surface area contributed by atoms with E-state index < -0.39 is 5.41 Å². The average molecular weight is 466 g/mol. The van der Waals surface area contributed by atoms with E-state index in [0.717, 1.165) is 22.1 Å². The number of benzene rings is 3. The van der Waals surface area contributed by atoms with E-state index in [-0.39, 0.29) is 11.8 Å². The van der Waals surface area contributed by atoms with Crippen LogP contribution in [0.25, 0.3) is 22.2 Å². The van der Waals surface area contributed by atoms with Gasteiger partial charge in [-0.15, -0.1) is 0 Å². The topological polar surface area (TPSA) is 80.3 Å². The number of hydrogen-bond donors (Lipinski definition) is 2. The number of hydrazine groups is 1. The first-order valence-corrected chi connectivity index (χ1v) is 11.8. The number of pyridine rings is 1. The second kappa shape index (κ2) is 9.68. The Balaban J connectivity index is 1.43. The molecule has 5 rings (SSSR count). The van der Waals surface area contributed by atoms with Gasteiger partial charge in [-0.1, -0.05) is 78.4 Å². The highest BCUT2D eigenvalue weighted by atomic mass is 16.5. The first kappa shape index (κ1) is 22.7. The van der Waals surface area contributed by atoms with Gasteiger partial charge >= 0.3 is 0 Å². The molecule has 0 atom stereocenters. The standard InChI is InChI=1S/C29H27N3O3/c1-20-11-13-21(14-12-20)26-19-24(23-9-5-6-10-25(23)30-26)27(33)31-32-28(34)29(15-17-35-18-16-29)22-7-3-2-4-8-22/h2-14,19H,15-18H2,1H3,(H,31,33)(H,32,34). The molecule has 0 spiro atoms. The van der Waals surface area contributed by atoms with Gasteiger partial charge in [-0.3, -0.25) is 20.4 Å². The van der Waals surface area contributed by atoms with Gasteiger partial charge in [0.15, 0.2) is 0 Å². The number of carbonyl (C=O) groups is 2. The van der Waals surface area contributed by atoms with Gasteiger partial charge in [-0.05, 0) is 37.5 Å². The molecule has 6 nitrogen and oxygen atoms in total. The average Bonchev–Trinajstić information content (AvgIpc) is 2.92. The third-order valence-corrected chi connectivity index (χ3v) is 6.71. The van der Waals surface area contributed by atoms with Crippen LogP contribution in [0.15, 0.2) is 84.9 Å². The molecule has 1 saturated heterocycles. The van der Waals surface area contributed by atoms with Crippen LogP contribution in [-0.4, -0.2) is 30.0 Å². The summed E-state index contributed by atoms with van der Waals surface area (Å²) in [6.07, 6.45) is 1.10. The van der Waals surface area contributed by atoms with E-state index in [0.29, 0.717) is 42.8 Å². The molecule has 1 fully saturated rings. The number of hydrogen-bond acceptors (Lipinski definition) is 4. The Bertz CT molecular complexity index is 1360. The number of aryl methyl sites for hydroxylation is 1. The van der Waals surface area contributed by atoms with Gasteiger partial charge in [-0.2, -0.15) is 0 Å². The minimum absolute atomic E-state index is 0.238. The molecule has 3 aromatic carbocycles. The van der Waals surface area contributed by atoms with Crippen LogP contribution in [0.2, 0.25) is 0 Å². The van der Waals surface area contributed by atoms with Gasteiger partial charge in [0, 0.05) is 24.2 Å². The number of amides is 2. The van der Waals surface area contributed by atoms with Crippen molar-refractivity contribution in [2.24, 2.45) is 0 Å². The van der Waals surface area contributed by atoms with Crippen molar-refractivity contribution in [1.29, 1.82) is 0 Å². The Hall–Kier alpha value is -4.03. The van der Waals surface area contributed by atoms with Crippen molar-refractivity contribution >= 4 is 22.7 Å². The highest BCUT2D eigenvalue weighted by Gasteiger charge is 2.41. The number of para-hydroxylation sites is 1. The highest BCUT2D eigenvalue weighted by molar-refractivity contribution is 6.07. The SMILES string of the molecule is Cc1ccc(-c2cc(C(=O)NNC(=O)C3(c4ccccc4)CCOCC3)c3ccccc3n2)cc1. The molecule has 2 heterocycles. The molecule has 6 heteroatoms. The summed E-state index contributed by atoms with van der Waals surface area (Å²) in [6.45, 7) is 3.01. The van der Waals surface area contributed by atoms with E-state index in [1.54, 1.807) is 6.07 Å². The number of rotatable bonds is 4. The molecule has 176 valence electrons. The van der Waals surface area contributed by atoms with Crippen molar-refractivity contribution in [3.63, 3.8) is 0 Å². The van der Waals surface area contributed by atoms with Crippen LogP contribution in [0.3, 0.4) is 0 Å². The largest absolute Gasteiger partial charge is 0.381 e. The van der Waals surface area contributed by atoms with Gasteiger partial charge in [0.1, 0.15) is 0 Å². The van der Waals surface area contributed by atoms with Crippen LogP contribution in [0, 0.1) is 6.92 Å². The number of ether oxygens (including phenoxy) is 1. The fourth-order valence-electron chi connectivity index (χ4n) is 4.66. The minimum atomic E-state index is -0.750. The molecule has 2 amide bonds. The number of nitrogens with one attached hydrogen (secondary N) is 2. The Kier molecular flexibility index (Phi) is 6.29. The summed E-state index contributed by atoms with van der Waals surface area (Å²) >= 11 is 0. The summed E-state index contributed by atoms with van der Waals surface area (Å²) in [4.78, 5) is 31.5. The zero-order valence-corrected chi connectivity index (χ0v) is 19.6. The van der Waals surface area contributed by atoms with Crippen LogP contribution in [0.1, 0.15) is 34.3 Å². The summed E-state index contributed by atoms with van der Waals surface area (Å²) in [5.74, 6) is -0.627. The Labute approximate surface area is 204 Å². The smallest absolute Gasteiger partial charge is 0.270 e. The Morgan fingerprint density at radius 3 is 2.29 bits per heavy atom. The van der Waals surface area contributed by atoms with E-state index in [4.69, 9.17) is 9.72 Å². The molecular formula is C29H27N3O3. The summed E-state index contributed by atoms with van der Waals surface area (Å²) in [7, 11) is 0. The quantitative estimate of drug-likeness (QED) is 0.428. The predicted molar refractivity (Wildman–Crippen MR) is 136 cm³/mol. The zero-order valence-electron chi connectivity index (χ0n) is 19.6. The van der Waals surface area contributed by atoms with Crippen LogP contribution >= 0.6 is 0 Å².